The minimum atomic E-state index is -0.665. The second-order valence-corrected chi connectivity index (χ2v) is 23.9. The van der Waals surface area contributed by atoms with Gasteiger partial charge in [0.2, 0.25) is 5.91 Å². The van der Waals surface area contributed by atoms with Crippen LogP contribution in [0.5, 0.6) is 0 Å². The van der Waals surface area contributed by atoms with Gasteiger partial charge in [0.25, 0.3) is 0 Å². The third-order valence-corrected chi connectivity index (χ3v) is 16.3. The molecule has 6 nitrogen and oxygen atoms in total. The summed E-state index contributed by atoms with van der Waals surface area (Å²) in [5.41, 5.74) is 0. The highest BCUT2D eigenvalue weighted by atomic mass is 16.5. The molecule has 2 unspecified atom stereocenters. The zero-order valence-corrected chi connectivity index (χ0v) is 51.1. The lowest BCUT2D eigenvalue weighted by molar-refractivity contribution is -0.143. The molecule has 75 heavy (non-hydrogen) atoms. The van der Waals surface area contributed by atoms with E-state index in [0.717, 1.165) is 44.9 Å². The van der Waals surface area contributed by atoms with E-state index in [0.29, 0.717) is 25.9 Å². The summed E-state index contributed by atoms with van der Waals surface area (Å²) >= 11 is 0. The summed E-state index contributed by atoms with van der Waals surface area (Å²) in [6, 6.07) is -0.542. The van der Waals surface area contributed by atoms with Crippen molar-refractivity contribution in [1.82, 2.24) is 5.32 Å². The van der Waals surface area contributed by atoms with Gasteiger partial charge in [0, 0.05) is 12.8 Å². The van der Waals surface area contributed by atoms with Gasteiger partial charge in [-0.25, -0.2) is 0 Å². The SMILES string of the molecule is CCCCCCCC/C=C\CCCCCCCC(=O)OCCCCCCCCCCCCCCCCCCCCCCCCC(=O)NC(CO)C(O)CCCCCCCCCCCCCCCCCCCCCCC. The number of allylic oxidation sites excluding steroid dienone is 2. The van der Waals surface area contributed by atoms with Crippen LogP contribution >= 0.6 is 0 Å². The molecule has 0 spiro atoms. The van der Waals surface area contributed by atoms with Crippen LogP contribution in [0.2, 0.25) is 0 Å². The summed E-state index contributed by atoms with van der Waals surface area (Å²) in [6.45, 7) is 4.98. The lowest BCUT2D eigenvalue weighted by Gasteiger charge is -2.22. The molecule has 0 radical (unpaired) electrons. The predicted octanol–water partition coefficient (Wildman–Crippen LogP) is 22.0. The third kappa shape index (κ3) is 61.7. The number of unbranched alkanes of at least 4 members (excludes halogenated alkanes) is 52. The van der Waals surface area contributed by atoms with Crippen molar-refractivity contribution in [2.75, 3.05) is 13.2 Å². The number of nitrogens with one attached hydrogen (secondary N) is 1. The lowest BCUT2D eigenvalue weighted by atomic mass is 10.0. The van der Waals surface area contributed by atoms with Crippen LogP contribution in [0.15, 0.2) is 12.2 Å². The van der Waals surface area contributed by atoms with Crippen molar-refractivity contribution in [3.05, 3.63) is 12.2 Å². The van der Waals surface area contributed by atoms with Gasteiger partial charge in [-0.15, -0.1) is 0 Å². The van der Waals surface area contributed by atoms with Crippen molar-refractivity contribution in [1.29, 1.82) is 0 Å². The van der Waals surface area contributed by atoms with Gasteiger partial charge in [0.1, 0.15) is 0 Å². The van der Waals surface area contributed by atoms with Crippen molar-refractivity contribution >= 4 is 11.9 Å². The number of hydrogen-bond donors (Lipinski definition) is 3. The normalized spacial score (nSPS) is 12.5. The molecule has 0 heterocycles. The van der Waals surface area contributed by atoms with E-state index in [4.69, 9.17) is 4.74 Å². The standard InChI is InChI=1S/C69H135NO5/c1-3-5-7-9-11-13-15-17-19-20-21-24-27-30-34-37-41-45-49-53-57-61-67(72)66(65-71)70-68(73)62-58-54-50-46-42-38-35-31-28-25-22-23-26-29-32-36-40-44-48-52-56-60-64-75-69(74)63-59-55-51-47-43-39-33-18-16-14-12-10-8-6-4-2/h18,33,66-67,71-72H,3-17,19-32,34-65H2,1-2H3,(H,70,73)/b33-18-. The van der Waals surface area contributed by atoms with Crippen molar-refractivity contribution in [3.63, 3.8) is 0 Å². The van der Waals surface area contributed by atoms with E-state index < -0.39 is 12.1 Å². The van der Waals surface area contributed by atoms with E-state index in [-0.39, 0.29) is 18.5 Å². The first-order valence-corrected chi connectivity index (χ1v) is 34.4. The maximum Gasteiger partial charge on any atom is 0.305 e. The van der Waals surface area contributed by atoms with E-state index in [1.165, 1.54) is 315 Å². The molecule has 3 N–H and O–H groups in total. The Bertz CT molecular complexity index is 1130. The van der Waals surface area contributed by atoms with E-state index in [1.807, 2.05) is 0 Å². The third-order valence-electron chi connectivity index (χ3n) is 16.3. The number of ether oxygens (including phenoxy) is 1. The largest absolute Gasteiger partial charge is 0.466 e. The maximum absolute atomic E-state index is 12.5. The van der Waals surface area contributed by atoms with Crippen LogP contribution in [0.25, 0.3) is 0 Å². The Labute approximate surface area is 469 Å². The van der Waals surface area contributed by atoms with Gasteiger partial charge < -0.3 is 20.3 Å². The molecule has 0 rings (SSSR count). The monoisotopic (exact) mass is 1060 g/mol. The molecule has 0 aliphatic rings. The molecule has 6 heteroatoms. The number of amides is 1. The molecule has 0 aromatic carbocycles. The number of rotatable bonds is 65. The Morgan fingerprint density at radius 3 is 0.947 bits per heavy atom. The van der Waals surface area contributed by atoms with Crippen molar-refractivity contribution in [2.45, 2.75) is 405 Å². The number of esters is 1. The summed E-state index contributed by atoms with van der Waals surface area (Å²) < 4.78 is 5.49. The van der Waals surface area contributed by atoms with Gasteiger partial charge in [0.15, 0.2) is 0 Å². The van der Waals surface area contributed by atoms with Gasteiger partial charge >= 0.3 is 5.97 Å². The second-order valence-electron chi connectivity index (χ2n) is 23.9. The molecular formula is C69H135NO5. The minimum Gasteiger partial charge on any atom is -0.466 e. The number of carbonyl (C=O) groups is 2. The van der Waals surface area contributed by atoms with E-state index in [9.17, 15) is 19.8 Å². The van der Waals surface area contributed by atoms with Crippen molar-refractivity contribution in [3.8, 4) is 0 Å². The van der Waals surface area contributed by atoms with E-state index in [2.05, 4.69) is 31.3 Å². The highest BCUT2D eigenvalue weighted by Gasteiger charge is 2.20. The van der Waals surface area contributed by atoms with Crippen molar-refractivity contribution < 1.29 is 24.5 Å². The van der Waals surface area contributed by atoms with Crippen LogP contribution in [0.1, 0.15) is 393 Å². The zero-order valence-electron chi connectivity index (χ0n) is 51.1. The predicted molar refractivity (Wildman–Crippen MR) is 329 cm³/mol. The number of aliphatic hydroxyl groups is 2. The van der Waals surface area contributed by atoms with E-state index >= 15 is 0 Å². The van der Waals surface area contributed by atoms with Crippen LogP contribution in [-0.2, 0) is 14.3 Å². The average Bonchev–Trinajstić information content (AvgIpc) is 3.41. The topological polar surface area (TPSA) is 95.9 Å². The van der Waals surface area contributed by atoms with Crippen LogP contribution in [0.4, 0.5) is 0 Å². The molecule has 1 amide bonds. The smallest absolute Gasteiger partial charge is 0.305 e. The molecule has 0 aliphatic heterocycles. The fourth-order valence-corrected chi connectivity index (χ4v) is 11.1. The van der Waals surface area contributed by atoms with Gasteiger partial charge in [0.05, 0.1) is 25.4 Å². The Morgan fingerprint density at radius 1 is 0.360 bits per heavy atom. The van der Waals surface area contributed by atoms with Crippen LogP contribution in [0, 0.1) is 0 Å². The molecule has 2 atom stereocenters. The maximum atomic E-state index is 12.5. The Hall–Kier alpha value is -1.40. The van der Waals surface area contributed by atoms with Gasteiger partial charge in [-0.1, -0.05) is 341 Å². The molecule has 0 saturated heterocycles. The molecule has 0 aliphatic carbocycles. The summed E-state index contributed by atoms with van der Waals surface area (Å²) in [6.07, 6.45) is 79.6. The number of carbonyl (C=O) groups excluding carboxylic acids is 2. The first kappa shape index (κ1) is 73.6. The summed E-state index contributed by atoms with van der Waals surface area (Å²) in [5, 5.41) is 23.4. The van der Waals surface area contributed by atoms with Gasteiger partial charge in [-0.05, 0) is 51.4 Å². The summed E-state index contributed by atoms with van der Waals surface area (Å²) in [5.74, 6) is -0.0240. The molecule has 0 saturated carbocycles. The molecule has 0 fully saturated rings. The van der Waals surface area contributed by atoms with Crippen LogP contribution < -0.4 is 5.32 Å². The lowest BCUT2D eigenvalue weighted by Crippen LogP contribution is -2.45. The molecule has 0 aromatic rings. The Morgan fingerprint density at radius 2 is 0.627 bits per heavy atom. The average molecular weight is 1060 g/mol. The summed E-state index contributed by atoms with van der Waals surface area (Å²) in [7, 11) is 0. The fourth-order valence-electron chi connectivity index (χ4n) is 11.1. The zero-order chi connectivity index (χ0) is 54.3. The fraction of sp³-hybridized carbons (Fsp3) is 0.942. The van der Waals surface area contributed by atoms with Gasteiger partial charge in [-0.2, -0.15) is 0 Å². The van der Waals surface area contributed by atoms with Crippen molar-refractivity contribution in [2.24, 2.45) is 0 Å². The number of aliphatic hydroxyl groups excluding tert-OH is 2. The second kappa shape index (κ2) is 65.1. The van der Waals surface area contributed by atoms with E-state index in [1.54, 1.807) is 0 Å². The molecule has 0 aromatic heterocycles. The summed E-state index contributed by atoms with van der Waals surface area (Å²) in [4.78, 5) is 24.6. The molecular weight excluding hydrogens is 923 g/mol. The highest BCUT2D eigenvalue weighted by molar-refractivity contribution is 5.76. The highest BCUT2D eigenvalue weighted by Crippen LogP contribution is 2.19. The quantitative estimate of drug-likeness (QED) is 0.0320. The Kier molecular flexibility index (Phi) is 63.9. The van der Waals surface area contributed by atoms with Crippen LogP contribution in [-0.4, -0.2) is 47.4 Å². The first-order valence-electron chi connectivity index (χ1n) is 34.4. The Balaban J connectivity index is 3.37. The molecule has 0 bridgehead atoms. The van der Waals surface area contributed by atoms with Crippen LogP contribution in [0.3, 0.4) is 0 Å². The minimum absolute atomic E-state index is 0.00654. The first-order chi connectivity index (χ1) is 37.0. The number of hydrogen-bond acceptors (Lipinski definition) is 5. The molecule has 446 valence electrons. The van der Waals surface area contributed by atoms with Gasteiger partial charge in [-0.3, -0.25) is 9.59 Å².